The number of aryl methyl sites for hydroxylation is 1. The third-order valence-corrected chi connectivity index (χ3v) is 6.48. The molecule has 0 aliphatic carbocycles. The van der Waals surface area contributed by atoms with Gasteiger partial charge in [-0.25, -0.2) is 0 Å². The molecule has 0 aromatic heterocycles. The van der Waals surface area contributed by atoms with Crippen molar-refractivity contribution in [2.24, 2.45) is 0 Å². The molecule has 0 amide bonds. The Hall–Kier alpha value is -1.07. The molecular weight excluding hydrogens is 338 g/mol. The highest BCUT2D eigenvalue weighted by Crippen LogP contribution is 2.42. The van der Waals surface area contributed by atoms with E-state index in [1.54, 1.807) is 0 Å². The Morgan fingerprint density at radius 3 is 1.56 bits per heavy atom. The normalized spacial score (nSPS) is 25.9. The van der Waals surface area contributed by atoms with Gasteiger partial charge in [0.15, 0.2) is 0 Å². The van der Waals surface area contributed by atoms with Gasteiger partial charge in [-0.3, -0.25) is 0 Å². The predicted octanol–water partition coefficient (Wildman–Crippen LogP) is 4.64. The highest BCUT2D eigenvalue weighted by atomic mass is 16.7. The van der Waals surface area contributed by atoms with Crippen molar-refractivity contribution in [2.45, 2.75) is 84.7 Å². The van der Waals surface area contributed by atoms with E-state index in [1.807, 2.05) is 5.98 Å². The van der Waals surface area contributed by atoms with Crippen LogP contribution < -0.4 is 0 Å². The van der Waals surface area contributed by atoms with Gasteiger partial charge in [0.25, 0.3) is 0 Å². The molecule has 2 saturated heterocycles. The van der Waals surface area contributed by atoms with Crippen LogP contribution in [0.5, 0.6) is 0 Å². The summed E-state index contributed by atoms with van der Waals surface area (Å²) in [6.07, 6.45) is 0. The van der Waals surface area contributed by atoms with Gasteiger partial charge in [-0.15, -0.1) is 0 Å². The van der Waals surface area contributed by atoms with E-state index in [1.165, 1.54) is 5.56 Å². The van der Waals surface area contributed by atoms with Crippen LogP contribution in [-0.2, 0) is 18.6 Å². The van der Waals surface area contributed by atoms with Gasteiger partial charge < -0.3 is 18.6 Å². The second-order valence-corrected chi connectivity index (χ2v) is 9.70. The van der Waals surface area contributed by atoms with E-state index in [9.17, 15) is 0 Å². The average molecular weight is 370 g/mol. The first-order valence-electron chi connectivity index (χ1n) is 9.74. The summed E-state index contributed by atoms with van der Waals surface area (Å²) in [5.41, 5.74) is 1.61. The lowest BCUT2D eigenvalue weighted by Crippen LogP contribution is -2.41. The molecule has 6 heteroatoms. The topological polar surface area (TPSA) is 36.9 Å². The van der Waals surface area contributed by atoms with Crippen LogP contribution in [0.25, 0.3) is 5.47 Å². The maximum Gasteiger partial charge on any atom is 0.494 e. The Kier molecular flexibility index (Phi) is 4.96. The zero-order chi connectivity index (χ0) is 20.3. The summed E-state index contributed by atoms with van der Waals surface area (Å²) in [6, 6.07) is 8.38. The molecule has 1 aromatic rings. The first-order valence-corrected chi connectivity index (χ1v) is 9.74. The monoisotopic (exact) mass is 370 g/mol. The van der Waals surface area contributed by atoms with Crippen LogP contribution in [0.15, 0.2) is 30.2 Å². The summed E-state index contributed by atoms with van der Waals surface area (Å²) < 4.78 is 25.0. The Balaban J connectivity index is 1.98. The van der Waals surface area contributed by atoms with Gasteiger partial charge in [0.2, 0.25) is 0 Å². The highest BCUT2D eigenvalue weighted by molar-refractivity contribution is 6.72. The minimum absolute atomic E-state index is 0.386. The number of benzene rings is 1. The largest absolute Gasteiger partial charge is 0.494 e. The second-order valence-electron chi connectivity index (χ2n) is 9.70. The summed E-state index contributed by atoms with van der Waals surface area (Å²) in [4.78, 5) is 0. The van der Waals surface area contributed by atoms with Gasteiger partial charge in [-0.1, -0.05) is 35.8 Å². The lowest BCUT2D eigenvalue weighted by Gasteiger charge is -2.32. The molecule has 0 radical (unpaired) electrons. The number of hydrogen-bond donors (Lipinski definition) is 0. The van der Waals surface area contributed by atoms with E-state index in [4.69, 9.17) is 18.6 Å². The minimum atomic E-state index is -0.475. The fourth-order valence-electron chi connectivity index (χ4n) is 3.13. The molecular formula is C21H32B2O4. The van der Waals surface area contributed by atoms with Crippen molar-refractivity contribution in [2.75, 3.05) is 0 Å². The summed E-state index contributed by atoms with van der Waals surface area (Å²) >= 11 is 0. The van der Waals surface area contributed by atoms with Crippen molar-refractivity contribution in [3.63, 3.8) is 0 Å². The zero-order valence-corrected chi connectivity index (χ0v) is 18.2. The minimum Gasteiger partial charge on any atom is -0.400 e. The predicted molar refractivity (Wildman–Crippen MR) is 111 cm³/mol. The molecule has 2 fully saturated rings. The molecule has 0 spiro atoms. The highest BCUT2D eigenvalue weighted by Gasteiger charge is 2.54. The van der Waals surface area contributed by atoms with Crippen molar-refractivity contribution in [3.05, 3.63) is 41.4 Å². The third-order valence-electron chi connectivity index (χ3n) is 6.48. The lowest BCUT2D eigenvalue weighted by molar-refractivity contribution is 0.00578. The van der Waals surface area contributed by atoms with Crippen LogP contribution in [0.2, 0.25) is 0 Å². The molecule has 0 atom stereocenters. The van der Waals surface area contributed by atoms with Gasteiger partial charge in [0, 0.05) is 0 Å². The second kappa shape index (κ2) is 6.48. The zero-order valence-electron chi connectivity index (χ0n) is 18.2. The van der Waals surface area contributed by atoms with Gasteiger partial charge in [-0.2, -0.15) is 0 Å². The Bertz CT molecular complexity index is 703. The SMILES string of the molecule is Cc1ccc(/C(=C/B2OC(C)(C)C(C)(C)O2)B2OC(C)(C)C(C)(C)O2)cc1. The van der Waals surface area contributed by atoms with Gasteiger partial charge in [0.05, 0.1) is 22.4 Å². The van der Waals surface area contributed by atoms with Crippen LogP contribution in [-0.4, -0.2) is 36.6 Å². The molecule has 0 unspecified atom stereocenters. The van der Waals surface area contributed by atoms with Crippen LogP contribution in [0, 0.1) is 6.92 Å². The summed E-state index contributed by atoms with van der Waals surface area (Å²) in [7, 11) is -0.929. The average Bonchev–Trinajstić information content (AvgIpc) is 2.85. The van der Waals surface area contributed by atoms with E-state index in [0.29, 0.717) is 0 Å². The molecule has 0 bridgehead atoms. The first-order chi connectivity index (χ1) is 12.2. The van der Waals surface area contributed by atoms with E-state index >= 15 is 0 Å². The molecule has 146 valence electrons. The van der Waals surface area contributed by atoms with Crippen LogP contribution in [0.1, 0.15) is 66.5 Å². The molecule has 3 rings (SSSR count). The number of rotatable bonds is 3. The molecule has 27 heavy (non-hydrogen) atoms. The molecule has 0 N–H and O–H groups in total. The van der Waals surface area contributed by atoms with Crippen molar-refractivity contribution < 1.29 is 18.6 Å². The fourth-order valence-corrected chi connectivity index (χ4v) is 3.13. The van der Waals surface area contributed by atoms with Crippen molar-refractivity contribution in [3.8, 4) is 0 Å². The molecule has 4 nitrogen and oxygen atoms in total. The smallest absolute Gasteiger partial charge is 0.400 e. The Morgan fingerprint density at radius 1 is 0.704 bits per heavy atom. The van der Waals surface area contributed by atoms with E-state index in [-0.39, 0.29) is 11.2 Å². The van der Waals surface area contributed by atoms with Crippen LogP contribution in [0.3, 0.4) is 0 Å². The maximum absolute atomic E-state index is 6.32. The lowest BCUT2D eigenvalue weighted by atomic mass is 9.68. The molecule has 1 aromatic carbocycles. The quantitative estimate of drug-likeness (QED) is 0.727. The Labute approximate surface area is 164 Å². The Morgan fingerprint density at radius 2 is 1.11 bits per heavy atom. The summed E-state index contributed by atoms with van der Waals surface area (Å²) in [5.74, 6) is 2.00. The van der Waals surface area contributed by atoms with E-state index < -0.39 is 25.4 Å². The van der Waals surface area contributed by atoms with Crippen molar-refractivity contribution in [1.29, 1.82) is 0 Å². The molecule has 2 aliphatic rings. The summed E-state index contributed by atoms with van der Waals surface area (Å²) in [6.45, 7) is 18.6. The van der Waals surface area contributed by atoms with E-state index in [2.05, 4.69) is 86.6 Å². The van der Waals surface area contributed by atoms with Crippen LogP contribution >= 0.6 is 0 Å². The maximum atomic E-state index is 6.32. The first kappa shape index (κ1) is 20.7. The van der Waals surface area contributed by atoms with Crippen molar-refractivity contribution >= 4 is 19.7 Å². The molecule has 2 heterocycles. The number of hydrogen-bond acceptors (Lipinski definition) is 4. The van der Waals surface area contributed by atoms with Gasteiger partial charge >= 0.3 is 14.2 Å². The standard InChI is InChI=1S/C21H32B2O4/c1-15-10-12-16(13-11-15)17(23-26-20(6,7)21(8,9)27-23)14-22-24-18(2,3)19(4,5)25-22/h10-14H,1-9H3/b17-14-. The third kappa shape index (κ3) is 3.77. The van der Waals surface area contributed by atoms with Gasteiger partial charge in [0.1, 0.15) is 0 Å². The van der Waals surface area contributed by atoms with Crippen LogP contribution in [0.4, 0.5) is 0 Å². The molecule has 2 aliphatic heterocycles. The molecule has 0 saturated carbocycles. The summed E-state index contributed by atoms with van der Waals surface area (Å²) in [5, 5.41) is 0. The fraction of sp³-hybridized carbons (Fsp3) is 0.619. The van der Waals surface area contributed by atoms with Gasteiger partial charge in [-0.05, 0) is 73.3 Å². The van der Waals surface area contributed by atoms with Crippen molar-refractivity contribution in [1.82, 2.24) is 0 Å². The van der Waals surface area contributed by atoms with E-state index in [0.717, 1.165) is 11.0 Å².